The van der Waals surface area contributed by atoms with Crippen molar-refractivity contribution in [2.75, 3.05) is 45.7 Å². The summed E-state index contributed by atoms with van der Waals surface area (Å²) in [6.45, 7) is 1.60. The van der Waals surface area contributed by atoms with Crippen molar-refractivity contribution in [2.45, 2.75) is 37.8 Å². The number of ether oxygens (including phenoxy) is 2. The Hall–Kier alpha value is -4.79. The number of methoxy groups -OCH3 is 1. The number of nitrogens with one attached hydrogen (secondary N) is 1. The molecule has 2 N–H and O–H groups in total. The van der Waals surface area contributed by atoms with E-state index in [1.165, 1.54) is 12.0 Å². The van der Waals surface area contributed by atoms with Crippen LogP contribution < -0.4 is 14.8 Å². The van der Waals surface area contributed by atoms with Crippen molar-refractivity contribution in [3.8, 4) is 17.6 Å². The van der Waals surface area contributed by atoms with Crippen molar-refractivity contribution in [2.24, 2.45) is 4.99 Å². The number of benzene rings is 2. The van der Waals surface area contributed by atoms with Gasteiger partial charge in [0.2, 0.25) is 0 Å². The van der Waals surface area contributed by atoms with Crippen LogP contribution in [0, 0.1) is 11.3 Å². The topological polar surface area (TPSA) is 145 Å². The van der Waals surface area contributed by atoms with Crippen LogP contribution in [0.25, 0.3) is 0 Å². The number of hydrogen-bond acceptors (Lipinski definition) is 10. The van der Waals surface area contributed by atoms with E-state index in [2.05, 4.69) is 15.2 Å². The molecule has 44 heavy (non-hydrogen) atoms. The fourth-order valence-corrected chi connectivity index (χ4v) is 6.10. The van der Waals surface area contributed by atoms with E-state index >= 15 is 0 Å². The fraction of sp³-hybridized carbons (Fsp3) is 0.364. The third-order valence-electron chi connectivity index (χ3n) is 8.46. The number of aliphatic hydroxyl groups excluding tert-OH is 1. The molecule has 2 amide bonds. The van der Waals surface area contributed by atoms with Crippen LogP contribution in [-0.2, 0) is 11.2 Å². The second kappa shape index (κ2) is 12.1. The standard InChI is InChI=1S/C33H33N5O6/c1-37-10-8-21(9-11-37)38-32(41)23-13-20-14-27(36-26(20)15-24(23)33(38)42)31-25(4-3-5-28(31)40)35-17-22(39)18-44-29-7-6-19(16-34)12-30(29)43-2/h3-4,6-7,12-13,15,21-22,36,39H,5,8-11,14,17-18H2,1-2H3/t22-/m1/s1. The molecule has 226 valence electrons. The number of carbonyl (C=O) groups excluding carboxylic acids is 3. The Labute approximate surface area is 255 Å². The third kappa shape index (κ3) is 5.50. The van der Waals surface area contributed by atoms with Gasteiger partial charge < -0.3 is 24.8 Å². The number of likely N-dealkylation sites (tertiary alicyclic amines) is 1. The number of hydrogen-bond donors (Lipinski definition) is 2. The Morgan fingerprint density at radius 2 is 1.86 bits per heavy atom. The monoisotopic (exact) mass is 595 g/mol. The fourth-order valence-electron chi connectivity index (χ4n) is 6.10. The van der Waals surface area contributed by atoms with Crippen LogP contribution in [0.2, 0.25) is 0 Å². The number of nitriles is 1. The van der Waals surface area contributed by atoms with Crippen molar-refractivity contribution in [3.05, 3.63) is 76.0 Å². The maximum Gasteiger partial charge on any atom is 0.261 e. The maximum atomic E-state index is 13.4. The van der Waals surface area contributed by atoms with Crippen molar-refractivity contribution in [3.63, 3.8) is 0 Å². The zero-order valence-corrected chi connectivity index (χ0v) is 24.6. The largest absolute Gasteiger partial charge is 0.493 e. The number of fused-ring (bicyclic) bond motifs is 2. The number of aliphatic imine (C=N–C) groups is 1. The number of nitrogens with zero attached hydrogens (tertiary/aromatic N) is 4. The first kappa shape index (κ1) is 29.3. The summed E-state index contributed by atoms with van der Waals surface area (Å²) in [5.74, 6) is 0.144. The molecular formula is C33H33N5O6. The first-order valence-corrected chi connectivity index (χ1v) is 14.6. The molecule has 1 fully saturated rings. The molecule has 4 aliphatic rings. The molecule has 3 heterocycles. The van der Waals surface area contributed by atoms with Gasteiger partial charge in [0.15, 0.2) is 17.3 Å². The highest BCUT2D eigenvalue weighted by Crippen LogP contribution is 2.38. The Morgan fingerprint density at radius 3 is 2.59 bits per heavy atom. The summed E-state index contributed by atoms with van der Waals surface area (Å²) in [6.07, 6.45) is 4.66. The lowest BCUT2D eigenvalue weighted by Gasteiger charge is -2.33. The Balaban J connectivity index is 1.17. The van der Waals surface area contributed by atoms with E-state index in [9.17, 15) is 19.5 Å². The predicted molar refractivity (Wildman–Crippen MR) is 162 cm³/mol. The summed E-state index contributed by atoms with van der Waals surface area (Å²) in [6, 6.07) is 10.2. The first-order valence-electron chi connectivity index (χ1n) is 14.6. The highest BCUT2D eigenvalue weighted by atomic mass is 16.5. The summed E-state index contributed by atoms with van der Waals surface area (Å²) < 4.78 is 11.0. The molecule has 0 bridgehead atoms. The summed E-state index contributed by atoms with van der Waals surface area (Å²) in [5.41, 5.74) is 4.28. The number of anilines is 1. The van der Waals surface area contributed by atoms with E-state index in [4.69, 9.17) is 14.7 Å². The molecular weight excluding hydrogens is 562 g/mol. The molecule has 11 heteroatoms. The van der Waals surface area contributed by atoms with Gasteiger partial charge in [-0.2, -0.15) is 5.26 Å². The summed E-state index contributed by atoms with van der Waals surface area (Å²) in [5, 5.41) is 23.0. The van der Waals surface area contributed by atoms with Crippen LogP contribution in [-0.4, -0.2) is 90.8 Å². The number of Topliss-reactive ketones (excluding diaryl/α,β-unsaturated/α-hetero) is 1. The van der Waals surface area contributed by atoms with Crippen LogP contribution in [0.15, 0.2) is 58.7 Å². The molecule has 2 aromatic carbocycles. The molecule has 1 atom stereocenters. The van der Waals surface area contributed by atoms with Gasteiger partial charge in [-0.05, 0) is 68.9 Å². The van der Waals surface area contributed by atoms with E-state index in [0.717, 1.165) is 31.5 Å². The molecule has 0 aromatic heterocycles. The van der Waals surface area contributed by atoms with Crippen molar-refractivity contribution >= 4 is 29.0 Å². The van der Waals surface area contributed by atoms with E-state index < -0.39 is 6.10 Å². The minimum atomic E-state index is -0.972. The third-order valence-corrected chi connectivity index (χ3v) is 8.46. The molecule has 0 radical (unpaired) electrons. The van der Waals surface area contributed by atoms with E-state index in [1.807, 2.05) is 13.1 Å². The van der Waals surface area contributed by atoms with Gasteiger partial charge in [0.25, 0.3) is 11.8 Å². The summed E-state index contributed by atoms with van der Waals surface area (Å²) in [4.78, 5) is 48.0. The van der Waals surface area contributed by atoms with Crippen molar-refractivity contribution in [1.29, 1.82) is 5.26 Å². The number of imide groups is 1. The highest BCUT2D eigenvalue weighted by Gasteiger charge is 2.42. The average Bonchev–Trinajstić information content (AvgIpc) is 3.55. The van der Waals surface area contributed by atoms with Gasteiger partial charge in [-0.25, -0.2) is 0 Å². The minimum Gasteiger partial charge on any atom is -0.493 e. The molecule has 3 aliphatic heterocycles. The van der Waals surface area contributed by atoms with Gasteiger partial charge >= 0.3 is 0 Å². The molecule has 0 unspecified atom stereocenters. The molecule has 1 aliphatic carbocycles. The number of aliphatic hydroxyl groups is 1. The lowest BCUT2D eigenvalue weighted by molar-refractivity contribution is -0.114. The minimum absolute atomic E-state index is 0.0145. The van der Waals surface area contributed by atoms with Gasteiger partial charge in [-0.1, -0.05) is 6.08 Å². The molecule has 0 saturated carbocycles. The van der Waals surface area contributed by atoms with Crippen LogP contribution in [0.5, 0.6) is 11.5 Å². The second-order valence-electron chi connectivity index (χ2n) is 11.4. The molecule has 0 spiro atoms. The Morgan fingerprint density at radius 1 is 1.11 bits per heavy atom. The lowest BCUT2D eigenvalue weighted by Crippen LogP contribution is -2.46. The summed E-state index contributed by atoms with van der Waals surface area (Å²) >= 11 is 0. The number of carbonyl (C=O) groups is 3. The van der Waals surface area contributed by atoms with Crippen LogP contribution in [0.3, 0.4) is 0 Å². The predicted octanol–water partition coefficient (Wildman–Crippen LogP) is 2.89. The van der Waals surface area contributed by atoms with Gasteiger partial charge in [0, 0.05) is 36.3 Å². The Kier molecular flexibility index (Phi) is 8.03. The van der Waals surface area contributed by atoms with Crippen LogP contribution in [0.1, 0.15) is 51.1 Å². The zero-order valence-electron chi connectivity index (χ0n) is 24.6. The van der Waals surface area contributed by atoms with Crippen LogP contribution >= 0.6 is 0 Å². The SMILES string of the molecule is COc1cc(C#N)ccc1OC[C@H](O)CN=C1C=CCC(=O)C1=C1Cc2cc3c(cc2N1)C(=O)N(C1CCN(C)CC1)C3=O. The number of amides is 2. The molecule has 1 saturated heterocycles. The number of rotatable bonds is 7. The van der Waals surface area contributed by atoms with Gasteiger partial charge in [-0.3, -0.25) is 24.3 Å². The maximum absolute atomic E-state index is 13.4. The normalized spacial score (nSPS) is 21.7. The van der Waals surface area contributed by atoms with E-state index in [0.29, 0.717) is 57.3 Å². The van der Waals surface area contributed by atoms with Crippen LogP contribution in [0.4, 0.5) is 5.69 Å². The molecule has 2 aromatic rings. The highest BCUT2D eigenvalue weighted by molar-refractivity contribution is 6.29. The summed E-state index contributed by atoms with van der Waals surface area (Å²) in [7, 11) is 3.51. The number of ketones is 1. The molecule has 6 rings (SSSR count). The number of allylic oxidation sites excluding steroid dienone is 4. The van der Waals surface area contributed by atoms with E-state index in [-0.39, 0.29) is 43.2 Å². The Bertz CT molecular complexity index is 1630. The first-order chi connectivity index (χ1) is 21.3. The molecule has 11 nitrogen and oxygen atoms in total. The smallest absolute Gasteiger partial charge is 0.261 e. The zero-order chi connectivity index (χ0) is 31.0. The quantitative estimate of drug-likeness (QED) is 0.365. The van der Waals surface area contributed by atoms with Crippen molar-refractivity contribution < 1.29 is 29.0 Å². The van der Waals surface area contributed by atoms with Gasteiger partial charge in [-0.15, -0.1) is 0 Å². The van der Waals surface area contributed by atoms with Gasteiger partial charge in [0.1, 0.15) is 12.7 Å². The lowest BCUT2D eigenvalue weighted by atomic mass is 9.94. The second-order valence-corrected chi connectivity index (χ2v) is 11.4. The average molecular weight is 596 g/mol. The van der Waals surface area contributed by atoms with E-state index in [1.54, 1.807) is 42.5 Å². The van der Waals surface area contributed by atoms with Gasteiger partial charge in [0.05, 0.1) is 47.7 Å². The number of piperidine rings is 1. The van der Waals surface area contributed by atoms with Crippen molar-refractivity contribution in [1.82, 2.24) is 9.80 Å².